The van der Waals surface area contributed by atoms with Gasteiger partial charge in [-0.1, -0.05) is 78.9 Å². The number of nitriles is 1. The van der Waals surface area contributed by atoms with E-state index in [9.17, 15) is 5.26 Å². The average Bonchev–Trinajstić information content (AvgIpc) is 3.38. The minimum Gasteiger partial charge on any atom is -0.356 e. The van der Waals surface area contributed by atoms with E-state index in [0.29, 0.717) is 16.9 Å². The largest absolute Gasteiger partial charge is 0.356 e. The minimum absolute atomic E-state index is 0.429. The van der Waals surface area contributed by atoms with Crippen molar-refractivity contribution in [3.8, 4) is 34.0 Å². The smallest absolute Gasteiger partial charge is 0.190 e. The van der Waals surface area contributed by atoms with Crippen molar-refractivity contribution >= 4 is 38.9 Å². The molecule has 196 valence electrons. The molecule has 0 bridgehead atoms. The first kappa shape index (κ1) is 24.9. The summed E-state index contributed by atoms with van der Waals surface area (Å²) in [6.45, 7) is 7.40. The summed E-state index contributed by atoms with van der Waals surface area (Å²) in [5.74, 6) is 0. The Kier molecular flexibility index (Phi) is 6.21. The summed E-state index contributed by atoms with van der Waals surface area (Å²) in [5.41, 5.74) is 10.4. The molecule has 0 unspecified atom stereocenters. The molecule has 0 atom stereocenters. The number of anilines is 2. The van der Waals surface area contributed by atoms with Gasteiger partial charge in [0.15, 0.2) is 5.69 Å². The monoisotopic (exact) mass is 536 g/mol. The Bertz CT molecular complexity index is 2050. The molecule has 0 fully saturated rings. The molecule has 4 heteroatoms. The van der Waals surface area contributed by atoms with Crippen molar-refractivity contribution < 1.29 is 0 Å². The fourth-order valence-corrected chi connectivity index (χ4v) is 5.62. The Morgan fingerprint density at radius 1 is 0.571 bits per heavy atom. The quantitative estimate of drug-likeness (QED) is 0.222. The van der Waals surface area contributed by atoms with Crippen molar-refractivity contribution in [1.29, 1.82) is 5.26 Å². The molecular formula is C38H24N4. The number of rotatable bonds is 5. The molecule has 0 aliphatic carbocycles. The summed E-state index contributed by atoms with van der Waals surface area (Å²) >= 11 is 0. The molecule has 0 radical (unpaired) electrons. The lowest BCUT2D eigenvalue weighted by atomic mass is 10.0. The number of nitrogens with zero attached hydrogens (tertiary/aromatic N) is 3. The highest BCUT2D eigenvalue weighted by atomic mass is 15.0. The molecule has 1 heterocycles. The van der Waals surface area contributed by atoms with E-state index in [2.05, 4.69) is 118 Å². The Morgan fingerprint density at radius 2 is 1.19 bits per heavy atom. The molecule has 7 rings (SSSR count). The highest BCUT2D eigenvalue weighted by Gasteiger charge is 2.15. The number of aromatic nitrogens is 1. The van der Waals surface area contributed by atoms with E-state index in [1.54, 1.807) is 18.2 Å². The van der Waals surface area contributed by atoms with E-state index in [1.807, 2.05) is 24.3 Å². The predicted octanol–water partition coefficient (Wildman–Crippen LogP) is 10.3. The fraction of sp³-hybridized carbons (Fsp3) is 0. The number of hydrogen-bond acceptors (Lipinski definition) is 2. The second-order valence-corrected chi connectivity index (χ2v) is 10.2. The van der Waals surface area contributed by atoms with E-state index in [4.69, 9.17) is 6.57 Å². The minimum atomic E-state index is 0.429. The Labute approximate surface area is 244 Å². The summed E-state index contributed by atoms with van der Waals surface area (Å²) in [6, 6.07) is 49.8. The summed E-state index contributed by atoms with van der Waals surface area (Å²) in [5, 5.41) is 15.2. The van der Waals surface area contributed by atoms with Gasteiger partial charge >= 0.3 is 0 Å². The van der Waals surface area contributed by atoms with Crippen LogP contribution in [0.25, 0.3) is 54.6 Å². The van der Waals surface area contributed by atoms with Gasteiger partial charge in [-0.05, 0) is 82.9 Å². The molecule has 1 aromatic heterocycles. The van der Waals surface area contributed by atoms with Crippen LogP contribution in [0.1, 0.15) is 5.56 Å². The number of nitrogens with one attached hydrogen (secondary N) is 1. The van der Waals surface area contributed by atoms with Gasteiger partial charge in [0.25, 0.3) is 0 Å². The Balaban J connectivity index is 1.40. The first-order chi connectivity index (χ1) is 20.7. The van der Waals surface area contributed by atoms with E-state index in [1.165, 1.54) is 33.0 Å². The third-order valence-corrected chi connectivity index (χ3v) is 7.55. The second-order valence-electron chi connectivity index (χ2n) is 10.2. The van der Waals surface area contributed by atoms with Crippen LogP contribution in [0.4, 0.5) is 17.1 Å². The van der Waals surface area contributed by atoms with E-state index in [0.717, 1.165) is 22.4 Å². The van der Waals surface area contributed by atoms with Gasteiger partial charge in [-0.15, -0.1) is 0 Å². The van der Waals surface area contributed by atoms with E-state index < -0.39 is 0 Å². The lowest BCUT2D eigenvalue weighted by Crippen LogP contribution is -1.96. The van der Waals surface area contributed by atoms with Gasteiger partial charge in [0, 0.05) is 33.4 Å². The zero-order valence-electron chi connectivity index (χ0n) is 22.6. The molecule has 1 N–H and O–H groups in total. The van der Waals surface area contributed by atoms with Crippen LogP contribution < -0.4 is 5.32 Å². The lowest BCUT2D eigenvalue weighted by Gasteiger charge is -2.12. The normalized spacial score (nSPS) is 10.8. The van der Waals surface area contributed by atoms with Gasteiger partial charge in [0.1, 0.15) is 0 Å². The third-order valence-electron chi connectivity index (χ3n) is 7.55. The standard InChI is InChI=1S/C38H24N4/c1-40-32-19-26(25-39)20-33(23-32)41-31-13-8-14-34(24-31)42-37-17-15-29(27-9-4-2-5-10-27)21-35(37)36-22-30(16-18-38(36)42)28-11-6-3-7-12-28/h2-24,41H. The number of hydrogen-bond donors (Lipinski definition) is 1. The van der Waals surface area contributed by atoms with Crippen molar-refractivity contribution in [2.24, 2.45) is 0 Å². The van der Waals surface area contributed by atoms with Crippen LogP contribution in [0.3, 0.4) is 0 Å². The SMILES string of the molecule is [C-]#[N+]c1cc(C#N)cc(Nc2cccc(-n3c4ccc(-c5ccccc5)cc4c4cc(-c5ccccc5)ccc43)c2)c1. The summed E-state index contributed by atoms with van der Waals surface area (Å²) in [6.07, 6.45) is 0. The van der Waals surface area contributed by atoms with Crippen LogP contribution in [0, 0.1) is 17.9 Å². The summed E-state index contributed by atoms with van der Waals surface area (Å²) < 4.78 is 2.30. The van der Waals surface area contributed by atoms with Gasteiger partial charge in [-0.3, -0.25) is 0 Å². The summed E-state index contributed by atoms with van der Waals surface area (Å²) in [7, 11) is 0. The molecule has 0 saturated heterocycles. The van der Waals surface area contributed by atoms with Crippen LogP contribution in [0.15, 0.2) is 140 Å². The average molecular weight is 537 g/mol. The number of benzene rings is 6. The predicted molar refractivity (Wildman–Crippen MR) is 172 cm³/mol. The molecule has 42 heavy (non-hydrogen) atoms. The van der Waals surface area contributed by atoms with Crippen LogP contribution in [-0.2, 0) is 0 Å². The zero-order valence-corrected chi connectivity index (χ0v) is 22.6. The maximum absolute atomic E-state index is 9.42. The Hall–Kier alpha value is -6.10. The molecule has 0 amide bonds. The highest BCUT2D eigenvalue weighted by molar-refractivity contribution is 6.11. The van der Waals surface area contributed by atoms with Gasteiger partial charge in [0.05, 0.1) is 23.7 Å². The zero-order chi connectivity index (χ0) is 28.5. The van der Waals surface area contributed by atoms with Crippen molar-refractivity contribution in [3.05, 3.63) is 157 Å². The first-order valence-corrected chi connectivity index (χ1v) is 13.7. The van der Waals surface area contributed by atoms with E-state index in [-0.39, 0.29) is 0 Å². The number of fused-ring (bicyclic) bond motifs is 3. The molecule has 0 saturated carbocycles. The molecule has 0 aliphatic heterocycles. The molecule has 6 aromatic carbocycles. The maximum Gasteiger partial charge on any atom is 0.190 e. The van der Waals surface area contributed by atoms with Crippen LogP contribution in [-0.4, -0.2) is 4.57 Å². The Morgan fingerprint density at radius 3 is 1.76 bits per heavy atom. The van der Waals surface area contributed by atoms with Gasteiger partial charge in [-0.2, -0.15) is 5.26 Å². The third kappa shape index (κ3) is 4.54. The van der Waals surface area contributed by atoms with Crippen LogP contribution >= 0.6 is 0 Å². The molecule has 0 aliphatic rings. The second kappa shape index (κ2) is 10.5. The summed E-state index contributed by atoms with van der Waals surface area (Å²) in [4.78, 5) is 3.52. The van der Waals surface area contributed by atoms with Crippen molar-refractivity contribution in [2.45, 2.75) is 0 Å². The lowest BCUT2D eigenvalue weighted by molar-refractivity contribution is 1.18. The van der Waals surface area contributed by atoms with Crippen molar-refractivity contribution in [1.82, 2.24) is 4.57 Å². The van der Waals surface area contributed by atoms with Crippen molar-refractivity contribution in [3.63, 3.8) is 0 Å². The topological polar surface area (TPSA) is 45.1 Å². The molecule has 0 spiro atoms. The maximum atomic E-state index is 9.42. The van der Waals surface area contributed by atoms with Crippen LogP contribution in [0.2, 0.25) is 0 Å². The van der Waals surface area contributed by atoms with Crippen LogP contribution in [0.5, 0.6) is 0 Å². The first-order valence-electron chi connectivity index (χ1n) is 13.7. The molecule has 4 nitrogen and oxygen atoms in total. The van der Waals surface area contributed by atoms with Gasteiger partial charge in [-0.25, -0.2) is 4.85 Å². The molecule has 7 aromatic rings. The van der Waals surface area contributed by atoms with E-state index >= 15 is 0 Å². The fourth-order valence-electron chi connectivity index (χ4n) is 5.62. The molecular weight excluding hydrogens is 512 g/mol. The van der Waals surface area contributed by atoms with Gasteiger partial charge in [0.2, 0.25) is 0 Å². The van der Waals surface area contributed by atoms with Crippen molar-refractivity contribution in [2.75, 3.05) is 5.32 Å². The van der Waals surface area contributed by atoms with Gasteiger partial charge < -0.3 is 9.88 Å². The highest BCUT2D eigenvalue weighted by Crippen LogP contribution is 2.37.